The van der Waals surface area contributed by atoms with Crippen molar-refractivity contribution in [3.63, 3.8) is 0 Å². The highest BCUT2D eigenvalue weighted by Gasteiger charge is 2.42. The number of hydrogen-bond acceptors (Lipinski definition) is 1. The second-order valence-electron chi connectivity index (χ2n) is 2.13. The maximum atomic E-state index is 11.6. The van der Waals surface area contributed by atoms with Crippen LogP contribution >= 0.6 is 0 Å². The van der Waals surface area contributed by atoms with Crippen LogP contribution in [0.3, 0.4) is 0 Å². The summed E-state index contributed by atoms with van der Waals surface area (Å²) in [6.45, 7) is 0. The van der Waals surface area contributed by atoms with Crippen molar-refractivity contribution < 1.29 is 8.78 Å². The van der Waals surface area contributed by atoms with Gasteiger partial charge in [-0.3, -0.25) is 0 Å². The summed E-state index contributed by atoms with van der Waals surface area (Å²) in [7, 11) is 1.72. The van der Waals surface area contributed by atoms with Crippen molar-refractivity contribution in [2.75, 3.05) is 7.05 Å². The van der Waals surface area contributed by atoms with Gasteiger partial charge in [-0.2, -0.15) is 0 Å². The van der Waals surface area contributed by atoms with Gasteiger partial charge >= 0.3 is 0 Å². The van der Waals surface area contributed by atoms with Gasteiger partial charge in [0, 0.05) is 12.0 Å². The predicted octanol–water partition coefficient (Wildman–Crippen LogP) is 0.859. The van der Waals surface area contributed by atoms with E-state index in [0.717, 1.165) is 0 Å². The number of alkyl halides is 2. The summed E-state index contributed by atoms with van der Waals surface area (Å²) in [6, 6.07) is 0.0926. The zero-order valence-electron chi connectivity index (χ0n) is 4.70. The van der Waals surface area contributed by atoms with Gasteiger partial charge in [-0.25, -0.2) is 8.78 Å². The molecule has 0 radical (unpaired) electrons. The van der Waals surface area contributed by atoms with Crippen LogP contribution in [0.15, 0.2) is 0 Å². The van der Waals surface area contributed by atoms with Crippen LogP contribution in [0.4, 0.5) is 8.78 Å². The fourth-order valence-corrected chi connectivity index (χ4v) is 0.825. The fourth-order valence-electron chi connectivity index (χ4n) is 0.825. The molecule has 2 unspecified atom stereocenters. The van der Waals surface area contributed by atoms with E-state index >= 15 is 0 Å². The van der Waals surface area contributed by atoms with Gasteiger partial charge in [-0.1, -0.05) is 0 Å². The van der Waals surface area contributed by atoms with E-state index in [1.54, 1.807) is 7.05 Å². The minimum Gasteiger partial charge on any atom is -0.316 e. The van der Waals surface area contributed by atoms with Gasteiger partial charge in [0.05, 0.1) is 0 Å². The van der Waals surface area contributed by atoms with Crippen LogP contribution in [-0.4, -0.2) is 19.5 Å². The first-order chi connectivity index (χ1) is 3.75. The molecule has 8 heavy (non-hydrogen) atoms. The van der Waals surface area contributed by atoms with Gasteiger partial charge < -0.3 is 5.32 Å². The van der Waals surface area contributed by atoms with Crippen molar-refractivity contribution in [2.45, 2.75) is 18.9 Å². The van der Waals surface area contributed by atoms with Crippen LogP contribution in [0.25, 0.3) is 0 Å². The molecule has 0 amide bonds. The van der Waals surface area contributed by atoms with Crippen LogP contribution in [0.5, 0.6) is 0 Å². The Kier molecular flexibility index (Phi) is 1.47. The molecule has 1 saturated carbocycles. The van der Waals surface area contributed by atoms with Crippen LogP contribution < -0.4 is 5.32 Å². The van der Waals surface area contributed by atoms with Crippen LogP contribution in [0, 0.1) is 5.92 Å². The van der Waals surface area contributed by atoms with E-state index in [2.05, 4.69) is 5.32 Å². The maximum absolute atomic E-state index is 11.6. The van der Waals surface area contributed by atoms with Crippen LogP contribution in [0.1, 0.15) is 6.42 Å². The molecule has 1 N–H and O–H groups in total. The third-order valence-corrected chi connectivity index (χ3v) is 1.53. The highest BCUT2D eigenvalue weighted by molar-refractivity contribution is 4.93. The molecule has 0 aromatic rings. The monoisotopic (exact) mass is 121 g/mol. The molecule has 3 heteroatoms. The minimum absolute atomic E-state index is 0.0926. The molecule has 0 saturated heterocycles. The number of halogens is 2. The smallest absolute Gasteiger partial charge is 0.242 e. The molecule has 1 nitrogen and oxygen atoms in total. The van der Waals surface area contributed by atoms with Gasteiger partial charge in [0.2, 0.25) is 6.43 Å². The lowest BCUT2D eigenvalue weighted by atomic mass is 10.4. The lowest BCUT2D eigenvalue weighted by Crippen LogP contribution is -2.13. The SMILES string of the molecule is CNC1CC1C(F)F. The van der Waals surface area contributed by atoms with Gasteiger partial charge in [0.15, 0.2) is 0 Å². The van der Waals surface area contributed by atoms with Crippen molar-refractivity contribution in [2.24, 2.45) is 5.92 Å². The summed E-state index contributed by atoms with van der Waals surface area (Å²) >= 11 is 0. The first kappa shape index (κ1) is 5.95. The molecule has 1 rings (SSSR count). The largest absolute Gasteiger partial charge is 0.316 e. The van der Waals surface area contributed by atoms with E-state index in [-0.39, 0.29) is 12.0 Å². The van der Waals surface area contributed by atoms with Crippen molar-refractivity contribution in [3.05, 3.63) is 0 Å². The normalized spacial score (nSPS) is 36.0. The van der Waals surface area contributed by atoms with Gasteiger partial charge in [0.1, 0.15) is 0 Å². The molecule has 0 aromatic carbocycles. The first-order valence-corrected chi connectivity index (χ1v) is 2.71. The Morgan fingerprint density at radius 2 is 2.25 bits per heavy atom. The summed E-state index contributed by atoms with van der Waals surface area (Å²) in [5, 5.41) is 2.79. The van der Waals surface area contributed by atoms with Crippen LogP contribution in [0.2, 0.25) is 0 Å². The fraction of sp³-hybridized carbons (Fsp3) is 1.00. The highest BCUT2D eigenvalue weighted by Crippen LogP contribution is 2.35. The molecular weight excluding hydrogens is 112 g/mol. The van der Waals surface area contributed by atoms with Crippen molar-refractivity contribution >= 4 is 0 Å². The molecule has 0 aliphatic heterocycles. The molecule has 0 bridgehead atoms. The Labute approximate surface area is 47.1 Å². The zero-order valence-corrected chi connectivity index (χ0v) is 4.70. The van der Waals surface area contributed by atoms with E-state index < -0.39 is 6.43 Å². The number of nitrogens with one attached hydrogen (secondary N) is 1. The predicted molar refractivity (Wildman–Crippen MR) is 27.0 cm³/mol. The third-order valence-electron chi connectivity index (χ3n) is 1.53. The van der Waals surface area contributed by atoms with E-state index in [9.17, 15) is 8.78 Å². The van der Waals surface area contributed by atoms with Gasteiger partial charge in [0.25, 0.3) is 0 Å². The van der Waals surface area contributed by atoms with E-state index in [4.69, 9.17) is 0 Å². The van der Waals surface area contributed by atoms with Crippen LogP contribution in [-0.2, 0) is 0 Å². The molecule has 48 valence electrons. The Morgan fingerprint density at radius 1 is 1.62 bits per heavy atom. The maximum Gasteiger partial charge on any atom is 0.242 e. The average Bonchev–Trinajstić information content (AvgIpc) is 2.42. The lowest BCUT2D eigenvalue weighted by Gasteiger charge is -1.93. The van der Waals surface area contributed by atoms with E-state index in [0.29, 0.717) is 6.42 Å². The minimum atomic E-state index is -2.12. The average molecular weight is 121 g/mol. The number of hydrogen-bond donors (Lipinski definition) is 1. The highest BCUT2D eigenvalue weighted by atomic mass is 19.3. The van der Waals surface area contributed by atoms with Crippen molar-refractivity contribution in [1.82, 2.24) is 5.32 Å². The molecular formula is C5H9F2N. The van der Waals surface area contributed by atoms with E-state index in [1.807, 2.05) is 0 Å². The molecule has 0 spiro atoms. The van der Waals surface area contributed by atoms with Gasteiger partial charge in [-0.15, -0.1) is 0 Å². The zero-order chi connectivity index (χ0) is 6.15. The molecule has 1 aliphatic carbocycles. The van der Waals surface area contributed by atoms with Crippen molar-refractivity contribution in [1.29, 1.82) is 0 Å². The lowest BCUT2D eigenvalue weighted by molar-refractivity contribution is 0.119. The van der Waals surface area contributed by atoms with E-state index in [1.165, 1.54) is 0 Å². The van der Waals surface area contributed by atoms with Gasteiger partial charge in [-0.05, 0) is 13.5 Å². The molecule has 1 aliphatic rings. The molecule has 2 atom stereocenters. The molecule has 0 aromatic heterocycles. The second-order valence-corrected chi connectivity index (χ2v) is 2.13. The Balaban J connectivity index is 2.16. The summed E-state index contributed by atoms with van der Waals surface area (Å²) in [5.74, 6) is -0.361. The second kappa shape index (κ2) is 1.97. The third kappa shape index (κ3) is 0.968. The Bertz CT molecular complexity index is 84.5. The first-order valence-electron chi connectivity index (χ1n) is 2.71. The Hall–Kier alpha value is -0.180. The summed E-state index contributed by atoms with van der Waals surface area (Å²) in [5.41, 5.74) is 0. The topological polar surface area (TPSA) is 12.0 Å². The van der Waals surface area contributed by atoms with Crippen molar-refractivity contribution in [3.8, 4) is 0 Å². The number of rotatable bonds is 2. The molecule has 0 heterocycles. The quantitative estimate of drug-likeness (QED) is 0.571. The summed E-state index contributed by atoms with van der Waals surface area (Å²) in [4.78, 5) is 0. The Morgan fingerprint density at radius 3 is 2.38 bits per heavy atom. The summed E-state index contributed by atoms with van der Waals surface area (Å²) < 4.78 is 23.2. The summed E-state index contributed by atoms with van der Waals surface area (Å²) in [6.07, 6.45) is -1.47. The standard InChI is InChI=1S/C5H9F2N/c1-8-4-2-3(4)5(6)7/h3-5,8H,2H2,1H3. The molecule has 1 fully saturated rings.